The Morgan fingerprint density at radius 3 is 1.35 bits per heavy atom. The predicted molar refractivity (Wildman–Crippen MR) is 83.1 cm³/mol. The SMILES string of the molecule is CCP(C)(C)(C1CCCCC1)C1CCCCC1. The van der Waals surface area contributed by atoms with Crippen molar-refractivity contribution in [3.63, 3.8) is 0 Å². The minimum atomic E-state index is -1.40. The molecule has 0 heterocycles. The molecule has 0 spiro atoms. The molecule has 0 atom stereocenters. The van der Waals surface area contributed by atoms with Crippen molar-refractivity contribution >= 4 is 6.60 Å². The fourth-order valence-corrected chi connectivity index (χ4v) is 10.4. The van der Waals surface area contributed by atoms with Gasteiger partial charge in [-0.05, 0) is 0 Å². The van der Waals surface area contributed by atoms with E-state index < -0.39 is 6.60 Å². The second kappa shape index (κ2) is 5.20. The van der Waals surface area contributed by atoms with Gasteiger partial charge in [-0.15, -0.1) is 0 Å². The van der Waals surface area contributed by atoms with Gasteiger partial charge in [0.05, 0.1) is 0 Å². The maximum atomic E-state index is 2.78. The predicted octanol–water partition coefficient (Wildman–Crippen LogP) is 5.48. The Kier molecular flexibility index (Phi) is 4.24. The fraction of sp³-hybridized carbons (Fsp3) is 1.00. The van der Waals surface area contributed by atoms with Crippen LogP contribution in [0, 0.1) is 0 Å². The van der Waals surface area contributed by atoms with Gasteiger partial charge < -0.3 is 0 Å². The van der Waals surface area contributed by atoms with Crippen molar-refractivity contribution in [2.75, 3.05) is 19.5 Å². The Labute approximate surface area is 109 Å². The molecular formula is C16H33P. The molecule has 17 heavy (non-hydrogen) atoms. The molecule has 2 aliphatic rings. The van der Waals surface area contributed by atoms with Gasteiger partial charge in [0.2, 0.25) is 0 Å². The summed E-state index contributed by atoms with van der Waals surface area (Å²) in [5.74, 6) is 0. The van der Waals surface area contributed by atoms with Crippen molar-refractivity contribution < 1.29 is 0 Å². The molecule has 102 valence electrons. The van der Waals surface area contributed by atoms with Crippen LogP contribution in [0.5, 0.6) is 0 Å². The van der Waals surface area contributed by atoms with Gasteiger partial charge >= 0.3 is 109 Å². The Balaban J connectivity index is 2.18. The van der Waals surface area contributed by atoms with E-state index in [-0.39, 0.29) is 0 Å². The second-order valence-electron chi connectivity index (χ2n) is 7.53. The van der Waals surface area contributed by atoms with E-state index in [2.05, 4.69) is 20.3 Å². The monoisotopic (exact) mass is 256 g/mol. The first-order chi connectivity index (χ1) is 8.07. The van der Waals surface area contributed by atoms with Gasteiger partial charge in [0.25, 0.3) is 0 Å². The van der Waals surface area contributed by atoms with Crippen molar-refractivity contribution in [2.24, 2.45) is 0 Å². The summed E-state index contributed by atoms with van der Waals surface area (Å²) in [4.78, 5) is 0. The van der Waals surface area contributed by atoms with Gasteiger partial charge in [-0.1, -0.05) is 0 Å². The van der Waals surface area contributed by atoms with Crippen LogP contribution in [-0.2, 0) is 0 Å². The summed E-state index contributed by atoms with van der Waals surface area (Å²) in [6, 6.07) is 0. The molecule has 0 aromatic carbocycles. The summed E-state index contributed by atoms with van der Waals surface area (Å²) in [5.41, 5.74) is 2.26. The summed E-state index contributed by atoms with van der Waals surface area (Å²) in [7, 11) is 0. The zero-order valence-electron chi connectivity index (χ0n) is 12.4. The van der Waals surface area contributed by atoms with Gasteiger partial charge in [-0.2, -0.15) is 0 Å². The van der Waals surface area contributed by atoms with E-state index in [0.29, 0.717) is 0 Å². The summed E-state index contributed by atoms with van der Waals surface area (Å²) in [6.07, 6.45) is 16.9. The van der Waals surface area contributed by atoms with E-state index in [1.54, 1.807) is 25.7 Å². The number of hydrogen-bond donors (Lipinski definition) is 0. The quantitative estimate of drug-likeness (QED) is 0.586. The second-order valence-corrected chi connectivity index (χ2v) is 14.9. The Morgan fingerprint density at radius 2 is 1.06 bits per heavy atom. The maximum absolute atomic E-state index is 2.78. The Hall–Kier alpha value is 0.430. The van der Waals surface area contributed by atoms with Crippen LogP contribution in [0.15, 0.2) is 0 Å². The average Bonchev–Trinajstić information content (AvgIpc) is 2.41. The van der Waals surface area contributed by atoms with Crippen LogP contribution in [0.4, 0.5) is 0 Å². The average molecular weight is 256 g/mol. The molecule has 1 heteroatoms. The van der Waals surface area contributed by atoms with Gasteiger partial charge in [-0.3, -0.25) is 0 Å². The summed E-state index contributed by atoms with van der Waals surface area (Å²) >= 11 is 0. The first-order valence-corrected chi connectivity index (χ1v) is 11.5. The molecule has 2 rings (SSSR count). The van der Waals surface area contributed by atoms with Crippen LogP contribution in [0.25, 0.3) is 0 Å². The molecule has 0 radical (unpaired) electrons. The van der Waals surface area contributed by atoms with Crippen molar-refractivity contribution in [3.8, 4) is 0 Å². The van der Waals surface area contributed by atoms with Crippen molar-refractivity contribution in [2.45, 2.75) is 82.4 Å². The third-order valence-corrected chi connectivity index (χ3v) is 14.4. The Bertz CT molecular complexity index is 222. The first kappa shape index (κ1) is 13.9. The van der Waals surface area contributed by atoms with Gasteiger partial charge in [0, 0.05) is 0 Å². The summed E-state index contributed by atoms with van der Waals surface area (Å²) in [5, 5.41) is 0. The molecule has 0 N–H and O–H groups in total. The van der Waals surface area contributed by atoms with Crippen LogP contribution in [0.2, 0.25) is 0 Å². The third-order valence-electron chi connectivity index (χ3n) is 6.55. The van der Waals surface area contributed by atoms with Crippen LogP contribution < -0.4 is 0 Å². The molecular weight excluding hydrogens is 223 g/mol. The molecule has 0 aromatic rings. The Morgan fingerprint density at radius 1 is 0.706 bits per heavy atom. The first-order valence-electron chi connectivity index (χ1n) is 8.07. The molecule has 0 aliphatic heterocycles. The normalized spacial score (nSPS) is 27.6. The van der Waals surface area contributed by atoms with E-state index >= 15 is 0 Å². The van der Waals surface area contributed by atoms with Crippen LogP contribution >= 0.6 is 6.60 Å². The molecule has 0 aromatic heterocycles. The number of hydrogen-bond acceptors (Lipinski definition) is 0. The molecule has 0 nitrogen and oxygen atoms in total. The molecule has 2 saturated carbocycles. The van der Waals surface area contributed by atoms with Crippen LogP contribution in [0.1, 0.15) is 71.1 Å². The molecule has 0 bridgehead atoms. The van der Waals surface area contributed by atoms with Crippen LogP contribution in [0.3, 0.4) is 0 Å². The van der Waals surface area contributed by atoms with Crippen LogP contribution in [-0.4, -0.2) is 30.8 Å². The molecule has 2 fully saturated rings. The van der Waals surface area contributed by atoms with Crippen molar-refractivity contribution in [3.05, 3.63) is 0 Å². The van der Waals surface area contributed by atoms with E-state index in [1.807, 2.05) is 0 Å². The fourth-order valence-electron chi connectivity index (χ4n) is 4.67. The van der Waals surface area contributed by atoms with Crippen molar-refractivity contribution in [1.29, 1.82) is 0 Å². The number of rotatable bonds is 3. The van der Waals surface area contributed by atoms with E-state index in [4.69, 9.17) is 0 Å². The minimum absolute atomic E-state index is 1.13. The molecule has 2 aliphatic carbocycles. The van der Waals surface area contributed by atoms with E-state index in [1.165, 1.54) is 44.7 Å². The standard InChI is InChI=1S/C16H33P/c1-4-17(2,3,15-11-7-5-8-12-15)16-13-9-6-10-14-16/h15-16H,4-14H2,1-3H3. The zero-order valence-corrected chi connectivity index (χ0v) is 13.3. The topological polar surface area (TPSA) is 0 Å². The molecule has 0 unspecified atom stereocenters. The van der Waals surface area contributed by atoms with Crippen molar-refractivity contribution in [1.82, 2.24) is 0 Å². The summed E-state index contributed by atoms with van der Waals surface area (Å²) in [6.45, 7) is 6.66. The van der Waals surface area contributed by atoms with Gasteiger partial charge in [0.1, 0.15) is 0 Å². The molecule has 0 amide bonds. The summed E-state index contributed by atoms with van der Waals surface area (Å²) < 4.78 is 0. The van der Waals surface area contributed by atoms with Gasteiger partial charge in [0.15, 0.2) is 0 Å². The third kappa shape index (κ3) is 2.58. The zero-order chi connectivity index (χ0) is 12.4. The molecule has 0 saturated heterocycles. The van der Waals surface area contributed by atoms with Gasteiger partial charge in [-0.25, -0.2) is 0 Å². The van der Waals surface area contributed by atoms with E-state index in [0.717, 1.165) is 11.3 Å². The van der Waals surface area contributed by atoms with E-state index in [9.17, 15) is 0 Å².